The molecular weight excluding hydrogens is 256 g/mol. The Morgan fingerprint density at radius 1 is 1.21 bits per heavy atom. The largest absolute Gasteiger partial charge is 0.370 e. The lowest BCUT2D eigenvalue weighted by molar-refractivity contribution is 1.13. The molecule has 1 aromatic heterocycles. The molecule has 0 saturated carbocycles. The van der Waals surface area contributed by atoms with Crippen molar-refractivity contribution in [1.29, 1.82) is 0 Å². The fourth-order valence-electron chi connectivity index (χ4n) is 1.47. The molecule has 0 aliphatic carbocycles. The summed E-state index contributed by atoms with van der Waals surface area (Å²) in [5.41, 5.74) is 6.63. The summed E-state index contributed by atoms with van der Waals surface area (Å²) in [7, 11) is 0. The molecule has 1 heterocycles. The molecule has 2 rings (SSSR count). The van der Waals surface area contributed by atoms with Crippen molar-refractivity contribution in [2.45, 2.75) is 4.90 Å². The van der Waals surface area contributed by atoms with Gasteiger partial charge < -0.3 is 11.1 Å². The fourth-order valence-corrected chi connectivity index (χ4v) is 2.24. The van der Waals surface area contributed by atoms with Gasteiger partial charge in [-0.1, -0.05) is 18.2 Å². The molecule has 1 aromatic carbocycles. The monoisotopic (exact) mass is 272 g/mol. The van der Waals surface area contributed by atoms with E-state index in [0.717, 1.165) is 11.4 Å². The van der Waals surface area contributed by atoms with Crippen LogP contribution in [0.3, 0.4) is 0 Å². The average molecular weight is 272 g/mol. The van der Waals surface area contributed by atoms with Gasteiger partial charge in [0.2, 0.25) is 0 Å². The zero-order valence-electron chi connectivity index (χ0n) is 10.5. The van der Waals surface area contributed by atoms with Gasteiger partial charge in [-0.2, -0.15) is 0 Å². The van der Waals surface area contributed by atoms with Crippen LogP contribution in [0.4, 0.5) is 5.69 Å². The Morgan fingerprint density at radius 3 is 2.79 bits per heavy atom. The molecule has 0 spiro atoms. The minimum Gasteiger partial charge on any atom is -0.370 e. The standard InChI is InChI=1S/C14H16N4S/c15-14(18-12-5-4-8-16-11-12)17-9-10-19-13-6-2-1-3-7-13/h1-8,11H,9-10H2,(H3,15,17,18). The van der Waals surface area contributed by atoms with Gasteiger partial charge in [0, 0.05) is 16.8 Å². The number of hydrogen-bond acceptors (Lipinski definition) is 3. The molecule has 98 valence electrons. The molecule has 0 radical (unpaired) electrons. The molecule has 0 aliphatic heterocycles. The molecule has 19 heavy (non-hydrogen) atoms. The summed E-state index contributed by atoms with van der Waals surface area (Å²) < 4.78 is 0. The third-order valence-corrected chi connectivity index (χ3v) is 3.31. The van der Waals surface area contributed by atoms with Gasteiger partial charge in [0.1, 0.15) is 0 Å². The van der Waals surface area contributed by atoms with E-state index in [4.69, 9.17) is 5.73 Å². The fraction of sp³-hybridized carbons (Fsp3) is 0.143. The van der Waals surface area contributed by atoms with E-state index in [2.05, 4.69) is 27.4 Å². The first-order valence-electron chi connectivity index (χ1n) is 5.99. The van der Waals surface area contributed by atoms with Gasteiger partial charge in [-0.15, -0.1) is 11.8 Å². The van der Waals surface area contributed by atoms with Crippen molar-refractivity contribution in [2.24, 2.45) is 10.7 Å². The van der Waals surface area contributed by atoms with Crippen LogP contribution in [0.1, 0.15) is 0 Å². The SMILES string of the molecule is NC(=NCCSc1ccccc1)Nc1cccnc1. The number of nitrogens with zero attached hydrogens (tertiary/aromatic N) is 2. The summed E-state index contributed by atoms with van der Waals surface area (Å²) in [4.78, 5) is 9.51. The van der Waals surface area contributed by atoms with E-state index in [-0.39, 0.29) is 0 Å². The van der Waals surface area contributed by atoms with Crippen LogP contribution in [-0.2, 0) is 0 Å². The van der Waals surface area contributed by atoms with Crippen molar-refractivity contribution in [3.8, 4) is 0 Å². The Labute approximate surface area is 117 Å². The number of benzene rings is 1. The summed E-state index contributed by atoms with van der Waals surface area (Å²) in [6, 6.07) is 14.0. The molecule has 0 fully saturated rings. The van der Waals surface area contributed by atoms with E-state index in [9.17, 15) is 0 Å². The molecule has 0 saturated heterocycles. The van der Waals surface area contributed by atoms with E-state index < -0.39 is 0 Å². The second-order valence-corrected chi connectivity index (χ2v) is 4.96. The minimum atomic E-state index is 0.418. The number of nitrogens with two attached hydrogens (primary N) is 1. The summed E-state index contributed by atoms with van der Waals surface area (Å²) in [5, 5.41) is 3.00. The lowest BCUT2D eigenvalue weighted by atomic mass is 10.4. The van der Waals surface area contributed by atoms with Gasteiger partial charge in [-0.3, -0.25) is 9.98 Å². The maximum Gasteiger partial charge on any atom is 0.193 e. The molecule has 5 heteroatoms. The van der Waals surface area contributed by atoms with Crippen molar-refractivity contribution in [3.63, 3.8) is 0 Å². The van der Waals surface area contributed by atoms with E-state index in [1.54, 1.807) is 24.2 Å². The van der Waals surface area contributed by atoms with Crippen LogP contribution in [0.25, 0.3) is 0 Å². The first kappa shape index (κ1) is 13.4. The van der Waals surface area contributed by atoms with E-state index in [1.165, 1.54) is 4.90 Å². The predicted octanol–water partition coefficient (Wildman–Crippen LogP) is 2.60. The zero-order valence-corrected chi connectivity index (χ0v) is 11.3. The van der Waals surface area contributed by atoms with Gasteiger partial charge in [0.05, 0.1) is 18.4 Å². The van der Waals surface area contributed by atoms with E-state index in [1.807, 2.05) is 30.3 Å². The molecule has 4 nitrogen and oxygen atoms in total. The van der Waals surface area contributed by atoms with Crippen LogP contribution in [-0.4, -0.2) is 23.2 Å². The second kappa shape index (κ2) is 7.43. The number of nitrogens with one attached hydrogen (secondary N) is 1. The maximum absolute atomic E-state index is 5.79. The van der Waals surface area contributed by atoms with Crippen LogP contribution in [0.2, 0.25) is 0 Å². The number of pyridine rings is 1. The van der Waals surface area contributed by atoms with Crippen LogP contribution < -0.4 is 11.1 Å². The molecule has 0 amide bonds. The highest BCUT2D eigenvalue weighted by atomic mass is 32.2. The van der Waals surface area contributed by atoms with Crippen molar-refractivity contribution in [2.75, 3.05) is 17.6 Å². The topological polar surface area (TPSA) is 63.3 Å². The summed E-state index contributed by atoms with van der Waals surface area (Å²) in [5.74, 6) is 1.32. The number of guanidine groups is 1. The minimum absolute atomic E-state index is 0.418. The third-order valence-electron chi connectivity index (χ3n) is 2.32. The Bertz CT molecular complexity index is 513. The molecule has 0 aliphatic rings. The average Bonchev–Trinajstić information content (AvgIpc) is 2.46. The van der Waals surface area contributed by atoms with E-state index >= 15 is 0 Å². The van der Waals surface area contributed by atoms with Gasteiger partial charge in [0.15, 0.2) is 5.96 Å². The molecule has 0 bridgehead atoms. The Kier molecular flexibility index (Phi) is 5.25. The van der Waals surface area contributed by atoms with Gasteiger partial charge >= 0.3 is 0 Å². The summed E-state index contributed by atoms with van der Waals surface area (Å²) >= 11 is 1.77. The highest BCUT2D eigenvalue weighted by molar-refractivity contribution is 7.99. The van der Waals surface area contributed by atoms with E-state index in [0.29, 0.717) is 12.5 Å². The normalized spacial score (nSPS) is 11.3. The summed E-state index contributed by atoms with van der Waals surface area (Å²) in [6.45, 7) is 0.679. The number of hydrogen-bond donors (Lipinski definition) is 2. The van der Waals surface area contributed by atoms with Gasteiger partial charge in [-0.25, -0.2) is 0 Å². The predicted molar refractivity (Wildman–Crippen MR) is 81.5 cm³/mol. The molecule has 2 aromatic rings. The van der Waals surface area contributed by atoms with Crippen molar-refractivity contribution in [1.82, 2.24) is 4.98 Å². The lowest BCUT2D eigenvalue weighted by Crippen LogP contribution is -2.23. The lowest BCUT2D eigenvalue weighted by Gasteiger charge is -2.04. The summed E-state index contributed by atoms with van der Waals surface area (Å²) in [6.07, 6.45) is 3.43. The highest BCUT2D eigenvalue weighted by Crippen LogP contribution is 2.16. The quantitative estimate of drug-likeness (QED) is 0.380. The molecule has 0 atom stereocenters. The number of aromatic nitrogens is 1. The number of thioether (sulfide) groups is 1. The number of anilines is 1. The highest BCUT2D eigenvalue weighted by Gasteiger charge is 1.95. The third kappa shape index (κ3) is 5.01. The van der Waals surface area contributed by atoms with Crippen molar-refractivity contribution in [3.05, 3.63) is 54.9 Å². The van der Waals surface area contributed by atoms with Crippen LogP contribution in [0, 0.1) is 0 Å². The Balaban J connectivity index is 1.73. The van der Waals surface area contributed by atoms with Crippen LogP contribution >= 0.6 is 11.8 Å². The second-order valence-electron chi connectivity index (χ2n) is 3.80. The van der Waals surface area contributed by atoms with Crippen LogP contribution in [0.15, 0.2) is 64.7 Å². The first-order chi connectivity index (χ1) is 9.34. The Hall–Kier alpha value is -2.01. The van der Waals surface area contributed by atoms with Gasteiger partial charge in [-0.05, 0) is 24.3 Å². The first-order valence-corrected chi connectivity index (χ1v) is 6.98. The van der Waals surface area contributed by atoms with Crippen molar-refractivity contribution < 1.29 is 0 Å². The Morgan fingerprint density at radius 2 is 2.05 bits per heavy atom. The smallest absolute Gasteiger partial charge is 0.193 e. The number of rotatable bonds is 5. The van der Waals surface area contributed by atoms with Crippen LogP contribution in [0.5, 0.6) is 0 Å². The van der Waals surface area contributed by atoms with Gasteiger partial charge in [0.25, 0.3) is 0 Å². The molecule has 0 unspecified atom stereocenters. The maximum atomic E-state index is 5.79. The zero-order chi connectivity index (χ0) is 13.3. The number of aliphatic imine (C=N–C) groups is 1. The molecular formula is C14H16N4S. The molecule has 3 N–H and O–H groups in total. The van der Waals surface area contributed by atoms with Crippen molar-refractivity contribution >= 4 is 23.4 Å².